The first-order chi connectivity index (χ1) is 20.0. The summed E-state index contributed by atoms with van der Waals surface area (Å²) >= 11 is 1.31. The molecule has 0 aliphatic carbocycles. The van der Waals surface area contributed by atoms with Gasteiger partial charge < -0.3 is 20.3 Å². The van der Waals surface area contributed by atoms with Crippen LogP contribution in [0.2, 0.25) is 0 Å². The lowest BCUT2D eigenvalue weighted by atomic mass is 10.00. The van der Waals surface area contributed by atoms with Gasteiger partial charge >= 0.3 is 0 Å². The molecule has 42 heavy (non-hydrogen) atoms. The highest BCUT2D eigenvalue weighted by Crippen LogP contribution is 2.27. The lowest BCUT2D eigenvalue weighted by Gasteiger charge is -2.30. The molecule has 3 N–H and O–H groups in total. The minimum Gasteiger partial charge on any atom is -0.503 e. The third-order valence-electron chi connectivity index (χ3n) is 6.44. The number of aliphatic hydroxyl groups excluding tert-OH is 1. The third-order valence-corrected chi connectivity index (χ3v) is 9.11. The Labute approximate surface area is 244 Å². The van der Waals surface area contributed by atoms with E-state index in [1.807, 2.05) is 0 Å². The Balaban J connectivity index is 1.68. The molecule has 0 saturated carbocycles. The van der Waals surface area contributed by atoms with Crippen LogP contribution in [0.5, 0.6) is 11.5 Å². The topological polar surface area (TPSA) is 116 Å². The first-order valence-corrected chi connectivity index (χ1v) is 14.9. The number of hydrogen-bond donors (Lipinski definition) is 3. The van der Waals surface area contributed by atoms with Crippen LogP contribution < -0.4 is 10.1 Å². The van der Waals surface area contributed by atoms with Gasteiger partial charge in [0.05, 0.1) is 29.7 Å². The van der Waals surface area contributed by atoms with E-state index < -0.39 is 63.4 Å². The van der Waals surface area contributed by atoms with Gasteiger partial charge in [-0.25, -0.2) is 17.2 Å². The molecule has 0 saturated heterocycles. The number of ether oxygens (including phenoxy) is 1. The molecule has 13 heteroatoms. The number of phenols is 1. The molecule has 4 rings (SSSR count). The summed E-state index contributed by atoms with van der Waals surface area (Å²) in [6, 6.07) is 16.9. The first kappa shape index (κ1) is 31.0. The van der Waals surface area contributed by atoms with Gasteiger partial charge in [0, 0.05) is 24.0 Å². The highest BCUT2D eigenvalue weighted by atomic mass is 32.2. The first-order valence-electron chi connectivity index (χ1n) is 12.6. The molecule has 1 heterocycles. The maximum atomic E-state index is 14.5. The number of methoxy groups -OCH3 is 1. The second-order valence-corrected chi connectivity index (χ2v) is 12.2. The van der Waals surface area contributed by atoms with Crippen LogP contribution in [0.3, 0.4) is 0 Å². The Hall–Kier alpha value is -3.91. The van der Waals surface area contributed by atoms with E-state index in [-0.39, 0.29) is 17.9 Å². The monoisotopic (exact) mass is 620 g/mol. The van der Waals surface area contributed by atoms with Crippen molar-refractivity contribution in [2.75, 3.05) is 13.7 Å². The number of nitrogens with one attached hydrogen (secondary N) is 1. The minimum atomic E-state index is -4.21. The summed E-state index contributed by atoms with van der Waals surface area (Å²) in [5.41, 5.74) is -0.355. The van der Waals surface area contributed by atoms with Crippen molar-refractivity contribution < 1.29 is 41.3 Å². The van der Waals surface area contributed by atoms with E-state index in [1.165, 1.54) is 36.6 Å². The SMILES string of the molecule is COc1cccc(S(=O)(=O)N(Cc2cccs2)CC(O)C(Cc2ccccc2)NC(=O)c2cc(F)c(F)c(O)c2F)c1. The molecule has 1 amide bonds. The largest absolute Gasteiger partial charge is 0.503 e. The number of aliphatic hydroxyl groups is 1. The van der Waals surface area contributed by atoms with Gasteiger partial charge in [0.1, 0.15) is 5.75 Å². The number of benzene rings is 3. The van der Waals surface area contributed by atoms with Crippen LogP contribution >= 0.6 is 11.3 Å². The predicted molar refractivity (Wildman–Crippen MR) is 150 cm³/mol. The van der Waals surface area contributed by atoms with Crippen LogP contribution in [0.4, 0.5) is 13.2 Å². The van der Waals surface area contributed by atoms with Gasteiger partial charge in [-0.1, -0.05) is 42.5 Å². The molecule has 0 fully saturated rings. The van der Waals surface area contributed by atoms with Gasteiger partial charge in [0.2, 0.25) is 15.8 Å². The fourth-order valence-corrected chi connectivity index (χ4v) is 6.50. The summed E-state index contributed by atoms with van der Waals surface area (Å²) in [6.07, 6.45) is -1.59. The van der Waals surface area contributed by atoms with Crippen LogP contribution in [0.15, 0.2) is 83.1 Å². The van der Waals surface area contributed by atoms with Crippen molar-refractivity contribution in [2.24, 2.45) is 0 Å². The van der Waals surface area contributed by atoms with Gasteiger partial charge in [-0.3, -0.25) is 4.79 Å². The Morgan fingerprint density at radius 3 is 2.43 bits per heavy atom. The summed E-state index contributed by atoms with van der Waals surface area (Å²) in [4.78, 5) is 13.6. The van der Waals surface area contributed by atoms with Crippen molar-refractivity contribution >= 4 is 27.3 Å². The molecule has 4 aromatic rings. The van der Waals surface area contributed by atoms with Crippen LogP contribution in [0.1, 0.15) is 20.8 Å². The Morgan fingerprint density at radius 2 is 1.76 bits per heavy atom. The molecule has 2 unspecified atom stereocenters. The average molecular weight is 621 g/mol. The summed E-state index contributed by atoms with van der Waals surface area (Å²) in [5.74, 6) is -7.78. The zero-order chi connectivity index (χ0) is 30.4. The minimum absolute atomic E-state index is 0.0307. The van der Waals surface area contributed by atoms with Gasteiger partial charge in [-0.05, 0) is 41.6 Å². The fraction of sp³-hybridized carbons (Fsp3) is 0.207. The van der Waals surface area contributed by atoms with E-state index in [4.69, 9.17) is 4.74 Å². The van der Waals surface area contributed by atoms with Crippen molar-refractivity contribution in [1.29, 1.82) is 0 Å². The summed E-state index contributed by atoms with van der Waals surface area (Å²) in [5, 5.41) is 25.1. The van der Waals surface area contributed by atoms with Crippen molar-refractivity contribution in [2.45, 2.75) is 30.0 Å². The van der Waals surface area contributed by atoms with Crippen molar-refractivity contribution in [3.8, 4) is 11.5 Å². The molecule has 8 nitrogen and oxygen atoms in total. The highest BCUT2D eigenvalue weighted by molar-refractivity contribution is 7.89. The predicted octanol–water partition coefficient (Wildman–Crippen LogP) is 4.47. The van der Waals surface area contributed by atoms with Gasteiger partial charge in [0.25, 0.3) is 5.91 Å². The molecule has 2 atom stereocenters. The second kappa shape index (κ2) is 13.4. The number of halogens is 3. The molecule has 1 aromatic heterocycles. The van der Waals surface area contributed by atoms with E-state index in [2.05, 4.69) is 5.32 Å². The fourth-order valence-electron chi connectivity index (χ4n) is 4.22. The molecule has 0 aliphatic rings. The number of carbonyl (C=O) groups excluding carboxylic acids is 1. The molecule has 0 aliphatic heterocycles. The third kappa shape index (κ3) is 7.10. The normalized spacial score (nSPS) is 13.1. The van der Waals surface area contributed by atoms with Crippen molar-refractivity contribution in [1.82, 2.24) is 9.62 Å². The molecular formula is C29H27F3N2O6S2. The number of amides is 1. The molecule has 0 radical (unpaired) electrons. The van der Waals surface area contributed by atoms with E-state index >= 15 is 0 Å². The van der Waals surface area contributed by atoms with Gasteiger partial charge in [-0.2, -0.15) is 8.70 Å². The number of aromatic hydroxyl groups is 1. The van der Waals surface area contributed by atoms with Crippen molar-refractivity contribution in [3.63, 3.8) is 0 Å². The quantitative estimate of drug-likeness (QED) is 0.201. The second-order valence-electron chi connectivity index (χ2n) is 9.28. The van der Waals surface area contributed by atoms with Crippen LogP contribution in [0, 0.1) is 17.5 Å². The van der Waals surface area contributed by atoms with Gasteiger partial charge in [-0.15, -0.1) is 11.3 Å². The number of carbonyl (C=O) groups is 1. The number of nitrogens with zero attached hydrogens (tertiary/aromatic N) is 1. The maximum absolute atomic E-state index is 14.5. The zero-order valence-corrected chi connectivity index (χ0v) is 23.8. The van der Waals surface area contributed by atoms with Crippen LogP contribution in [-0.4, -0.2) is 54.6 Å². The van der Waals surface area contributed by atoms with E-state index in [0.29, 0.717) is 22.3 Å². The van der Waals surface area contributed by atoms with Crippen LogP contribution in [-0.2, 0) is 23.0 Å². The number of phenolic OH excluding ortho intramolecular Hbond substituents is 1. The summed E-state index contributed by atoms with van der Waals surface area (Å²) in [6.45, 7) is -0.604. The van der Waals surface area contributed by atoms with E-state index in [1.54, 1.807) is 53.9 Å². The van der Waals surface area contributed by atoms with E-state index in [0.717, 1.165) is 4.31 Å². The standard InChI is InChI=1S/C29H27F3N2O6S2/c1-40-19-9-5-11-21(14-19)42(38,39)34(16-20-10-6-12-41-20)17-25(35)24(13-18-7-3-2-4-8-18)33-29(37)22-15-23(30)27(32)28(36)26(22)31/h2-12,14-15,24-25,35-36H,13,16-17H2,1H3,(H,33,37). The molecule has 0 spiro atoms. The molecular weight excluding hydrogens is 593 g/mol. The van der Waals surface area contributed by atoms with Crippen molar-refractivity contribution in [3.05, 3.63) is 112 Å². The van der Waals surface area contributed by atoms with Crippen LogP contribution in [0.25, 0.3) is 0 Å². The summed E-state index contributed by atoms with van der Waals surface area (Å²) in [7, 11) is -2.82. The Bertz CT molecular complexity index is 1640. The molecule has 222 valence electrons. The number of sulfonamides is 1. The molecule has 3 aromatic carbocycles. The van der Waals surface area contributed by atoms with E-state index in [9.17, 15) is 36.6 Å². The Morgan fingerprint density at radius 1 is 1.02 bits per heavy atom. The molecule has 0 bridgehead atoms. The lowest BCUT2D eigenvalue weighted by Crippen LogP contribution is -2.50. The number of thiophene rings is 1. The maximum Gasteiger partial charge on any atom is 0.254 e. The number of rotatable bonds is 12. The van der Waals surface area contributed by atoms with Gasteiger partial charge in [0.15, 0.2) is 17.4 Å². The average Bonchev–Trinajstić information content (AvgIpc) is 3.51. The Kier molecular flexibility index (Phi) is 9.89. The number of hydrogen-bond acceptors (Lipinski definition) is 7. The highest BCUT2D eigenvalue weighted by Gasteiger charge is 2.33. The summed E-state index contributed by atoms with van der Waals surface area (Å²) < 4.78 is 75.8. The smallest absolute Gasteiger partial charge is 0.254 e. The lowest BCUT2D eigenvalue weighted by molar-refractivity contribution is 0.0775. The zero-order valence-electron chi connectivity index (χ0n) is 22.2.